The van der Waals surface area contributed by atoms with E-state index in [4.69, 9.17) is 8.85 Å². The monoisotopic (exact) mass is 630 g/mol. The van der Waals surface area contributed by atoms with Gasteiger partial charge in [0.25, 0.3) is 0 Å². The van der Waals surface area contributed by atoms with Crippen LogP contribution in [0.2, 0.25) is 36.3 Å². The largest absolute Gasteiger partial charge is 0.414 e. The molecule has 248 valence electrons. The molecule has 4 fully saturated rings. The summed E-state index contributed by atoms with van der Waals surface area (Å²) in [6.45, 7) is 28.5. The van der Waals surface area contributed by atoms with Crippen molar-refractivity contribution in [2.45, 2.75) is 193 Å². The van der Waals surface area contributed by atoms with Gasteiger partial charge in [0.2, 0.25) is 0 Å². The third kappa shape index (κ3) is 7.24. The minimum atomic E-state index is -1.77. The zero-order chi connectivity index (χ0) is 32.1. The van der Waals surface area contributed by atoms with Crippen molar-refractivity contribution in [1.29, 1.82) is 0 Å². The first-order chi connectivity index (χ1) is 19.8. The van der Waals surface area contributed by atoms with E-state index in [-0.39, 0.29) is 21.5 Å². The molecule has 0 aromatic rings. The number of aliphatic hydroxyl groups is 1. The van der Waals surface area contributed by atoms with E-state index in [1.54, 1.807) is 0 Å². The smallest absolute Gasteiger partial charge is 0.192 e. The second-order valence-electron chi connectivity index (χ2n) is 18.2. The second kappa shape index (κ2) is 12.5. The Balaban J connectivity index is 1.37. The quantitative estimate of drug-likeness (QED) is 0.172. The van der Waals surface area contributed by atoms with E-state index in [1.807, 2.05) is 0 Å². The van der Waals surface area contributed by atoms with E-state index in [0.717, 1.165) is 32.1 Å². The first kappa shape index (κ1) is 35.7. The predicted octanol–water partition coefficient (Wildman–Crippen LogP) is 10.7. The number of hydrogen-bond acceptors (Lipinski definition) is 3. The highest BCUT2D eigenvalue weighted by Crippen LogP contribution is 2.65. The molecular formula is C38H70O3Si2. The van der Waals surface area contributed by atoms with Crippen LogP contribution in [0.3, 0.4) is 0 Å². The highest BCUT2D eigenvalue weighted by molar-refractivity contribution is 6.74. The Kier molecular flexibility index (Phi) is 10.4. The molecule has 0 aliphatic heterocycles. The van der Waals surface area contributed by atoms with Gasteiger partial charge in [-0.25, -0.2) is 0 Å². The van der Waals surface area contributed by atoms with Crippen LogP contribution in [0.4, 0.5) is 0 Å². The fourth-order valence-corrected chi connectivity index (χ4v) is 14.5. The third-order valence-electron chi connectivity index (χ3n) is 14.0. The van der Waals surface area contributed by atoms with Crippen LogP contribution in [0.1, 0.15) is 140 Å². The van der Waals surface area contributed by atoms with E-state index in [1.165, 1.54) is 56.7 Å². The molecule has 8 atom stereocenters. The SMILES string of the molecule is CC[Si](CC)(CC)OC(C)(C)CCC[C@@H](C)C1CC[C@@H]2C(O)(C#C[C@@]34C[C@@H](O[Si](C)(C)C(C)(C)C)C[C@@H]3C4)CCC[C@]12C. The first-order valence-electron chi connectivity index (χ1n) is 18.4. The van der Waals surface area contributed by atoms with Gasteiger partial charge in [0, 0.05) is 17.4 Å². The fourth-order valence-electron chi connectivity index (χ4n) is 9.93. The average Bonchev–Trinajstić information content (AvgIpc) is 3.26. The lowest BCUT2D eigenvalue weighted by Gasteiger charge is -2.49. The Bertz CT molecular complexity index is 1020. The Labute approximate surface area is 269 Å². The van der Waals surface area contributed by atoms with Crippen LogP contribution in [-0.4, -0.2) is 39.0 Å². The lowest BCUT2D eigenvalue weighted by Crippen LogP contribution is -2.49. The van der Waals surface area contributed by atoms with Gasteiger partial charge in [0.05, 0.1) is 5.60 Å². The van der Waals surface area contributed by atoms with Crippen molar-refractivity contribution >= 4 is 16.6 Å². The summed E-state index contributed by atoms with van der Waals surface area (Å²) in [6.07, 6.45) is 13.1. The molecule has 43 heavy (non-hydrogen) atoms. The Morgan fingerprint density at radius 1 is 0.953 bits per heavy atom. The van der Waals surface area contributed by atoms with Crippen LogP contribution in [-0.2, 0) is 8.85 Å². The summed E-state index contributed by atoms with van der Waals surface area (Å²) in [5, 5.41) is 12.5. The molecule has 0 radical (unpaired) electrons. The van der Waals surface area contributed by atoms with Gasteiger partial charge in [-0.15, -0.1) is 0 Å². The lowest BCUT2D eigenvalue weighted by molar-refractivity contribution is -0.0719. The van der Waals surface area contributed by atoms with Gasteiger partial charge in [0.1, 0.15) is 5.60 Å². The van der Waals surface area contributed by atoms with Gasteiger partial charge in [-0.3, -0.25) is 0 Å². The molecule has 0 amide bonds. The summed E-state index contributed by atoms with van der Waals surface area (Å²) < 4.78 is 13.8. The molecule has 0 bridgehead atoms. The summed E-state index contributed by atoms with van der Waals surface area (Å²) >= 11 is 0. The third-order valence-corrected chi connectivity index (χ3v) is 23.4. The van der Waals surface area contributed by atoms with Gasteiger partial charge >= 0.3 is 0 Å². The Hall–Kier alpha value is -0.126. The van der Waals surface area contributed by atoms with Crippen molar-refractivity contribution in [1.82, 2.24) is 0 Å². The zero-order valence-corrected chi connectivity index (χ0v) is 32.5. The topological polar surface area (TPSA) is 38.7 Å². The van der Waals surface area contributed by atoms with Crippen LogP contribution in [0, 0.1) is 46.3 Å². The van der Waals surface area contributed by atoms with Gasteiger partial charge in [-0.2, -0.15) is 0 Å². The van der Waals surface area contributed by atoms with E-state index in [0.29, 0.717) is 29.8 Å². The molecule has 0 spiro atoms. The van der Waals surface area contributed by atoms with Gasteiger partial charge in [0.15, 0.2) is 16.6 Å². The van der Waals surface area contributed by atoms with Gasteiger partial charge in [-0.1, -0.05) is 80.1 Å². The molecule has 0 heterocycles. The van der Waals surface area contributed by atoms with E-state index in [9.17, 15) is 5.11 Å². The molecule has 5 heteroatoms. The minimum absolute atomic E-state index is 0.0220. The predicted molar refractivity (Wildman–Crippen MR) is 188 cm³/mol. The Morgan fingerprint density at radius 2 is 1.60 bits per heavy atom. The van der Waals surface area contributed by atoms with Gasteiger partial charge < -0.3 is 14.0 Å². The maximum absolute atomic E-state index is 12.2. The second-order valence-corrected chi connectivity index (χ2v) is 27.7. The van der Waals surface area contributed by atoms with E-state index >= 15 is 0 Å². The molecule has 4 aliphatic rings. The lowest BCUT2D eigenvalue weighted by atomic mass is 9.57. The van der Waals surface area contributed by atoms with Crippen LogP contribution >= 0.6 is 0 Å². The van der Waals surface area contributed by atoms with Crippen molar-refractivity contribution in [3.8, 4) is 11.8 Å². The summed E-state index contributed by atoms with van der Waals surface area (Å²) in [5.41, 5.74) is -0.519. The van der Waals surface area contributed by atoms with Crippen LogP contribution in [0.15, 0.2) is 0 Å². The number of rotatable bonds is 12. The molecule has 3 nitrogen and oxygen atoms in total. The van der Waals surface area contributed by atoms with Gasteiger partial charge in [-0.05, 0) is 131 Å². The zero-order valence-electron chi connectivity index (χ0n) is 30.5. The summed E-state index contributed by atoms with van der Waals surface area (Å²) in [4.78, 5) is 0. The minimum Gasteiger partial charge on any atom is -0.414 e. The molecule has 2 unspecified atom stereocenters. The molecule has 4 aliphatic carbocycles. The molecule has 0 aromatic carbocycles. The van der Waals surface area contributed by atoms with Crippen molar-refractivity contribution in [2.75, 3.05) is 0 Å². The van der Waals surface area contributed by atoms with Crippen LogP contribution in [0.25, 0.3) is 0 Å². The maximum Gasteiger partial charge on any atom is 0.192 e. The molecular weight excluding hydrogens is 561 g/mol. The number of fused-ring (bicyclic) bond motifs is 2. The standard InChI is InChI=1S/C38H70O3Si2/c1-13-43(14-2,15-3)41-35(8,9)21-16-18-29(4)32-19-20-33-36(32,10)22-17-23-38(33,39)25-24-37-27-30(37)26-31(28-37)40-42(11,12)34(5,6)7/h29-33,39H,13-23,26-28H2,1-12H3/t29-,30-,31+,32?,33+,36-,37-,38?/m1/s1. The molecule has 0 aromatic heterocycles. The molecule has 4 rings (SSSR count). The van der Waals surface area contributed by atoms with Crippen molar-refractivity contribution < 1.29 is 14.0 Å². The molecule has 0 saturated heterocycles. The Morgan fingerprint density at radius 3 is 2.21 bits per heavy atom. The number of hydrogen-bond donors (Lipinski definition) is 1. The normalized spacial score (nSPS) is 37.0. The van der Waals surface area contributed by atoms with E-state index < -0.39 is 22.2 Å². The first-order valence-corrected chi connectivity index (χ1v) is 23.9. The summed E-state index contributed by atoms with van der Waals surface area (Å²) in [7, 11) is -3.36. The maximum atomic E-state index is 12.2. The van der Waals surface area contributed by atoms with Crippen molar-refractivity contribution in [3.63, 3.8) is 0 Å². The summed E-state index contributed by atoms with van der Waals surface area (Å²) in [5.74, 6) is 9.78. The molecule has 4 saturated carbocycles. The fraction of sp³-hybridized carbons (Fsp3) is 0.947. The van der Waals surface area contributed by atoms with Crippen LogP contribution < -0.4 is 0 Å². The molecule has 1 N–H and O–H groups in total. The highest BCUT2D eigenvalue weighted by Gasteiger charge is 2.62. The van der Waals surface area contributed by atoms with Crippen molar-refractivity contribution in [3.05, 3.63) is 0 Å². The van der Waals surface area contributed by atoms with Crippen molar-refractivity contribution in [2.24, 2.45) is 34.5 Å². The van der Waals surface area contributed by atoms with E-state index in [2.05, 4.69) is 94.2 Å². The highest BCUT2D eigenvalue weighted by atomic mass is 28.4. The average molecular weight is 631 g/mol. The summed E-state index contributed by atoms with van der Waals surface area (Å²) in [6, 6.07) is 3.67. The van der Waals surface area contributed by atoms with Crippen LogP contribution in [0.5, 0.6) is 0 Å².